The molecule has 0 saturated carbocycles. The smallest absolute Gasteiger partial charge is 0.333 e. The van der Waals surface area contributed by atoms with Gasteiger partial charge in [0.1, 0.15) is 17.5 Å². The van der Waals surface area contributed by atoms with E-state index in [4.69, 9.17) is 0 Å². The summed E-state index contributed by atoms with van der Waals surface area (Å²) in [6.07, 6.45) is 0.988. The molecule has 0 radical (unpaired) electrons. The monoisotopic (exact) mass is 244 g/mol. The van der Waals surface area contributed by atoms with Crippen molar-refractivity contribution in [2.24, 2.45) is 0 Å². The highest BCUT2D eigenvalue weighted by Crippen LogP contribution is 2.18. The normalized spacial score (nSPS) is 11.5. The Kier molecular flexibility index (Phi) is 4.31. The first-order valence-corrected chi connectivity index (χ1v) is 4.95. The molecule has 0 atom stereocenters. The maximum Gasteiger partial charge on any atom is 0.333 e. The highest BCUT2D eigenvalue weighted by Gasteiger charge is 2.12. The van der Waals surface area contributed by atoms with Gasteiger partial charge >= 0.3 is 5.97 Å². The van der Waals surface area contributed by atoms with Crippen molar-refractivity contribution in [3.05, 3.63) is 40.7 Å². The maximum absolute atomic E-state index is 13.2. The molecule has 1 rings (SSSR count). The Balaban J connectivity index is 3.10. The molecule has 92 valence electrons. The molecule has 0 aromatic heterocycles. The average Bonchev–Trinajstić information content (AvgIpc) is 2.23. The van der Waals surface area contributed by atoms with Gasteiger partial charge in [-0.05, 0) is 19.9 Å². The zero-order valence-corrected chi connectivity index (χ0v) is 9.39. The molecule has 0 spiro atoms. The number of benzene rings is 1. The lowest BCUT2D eigenvalue weighted by Gasteiger charge is -2.03. The molecule has 0 bridgehead atoms. The van der Waals surface area contributed by atoms with Crippen molar-refractivity contribution in [3.8, 4) is 0 Å². The first-order valence-electron chi connectivity index (χ1n) is 4.95. The van der Waals surface area contributed by atoms with Crippen LogP contribution in [-0.4, -0.2) is 12.6 Å². The molecular weight excluding hydrogens is 233 g/mol. The topological polar surface area (TPSA) is 26.3 Å². The molecule has 0 aliphatic carbocycles. The van der Waals surface area contributed by atoms with Crippen LogP contribution in [0.4, 0.5) is 13.2 Å². The van der Waals surface area contributed by atoms with Gasteiger partial charge in [-0.3, -0.25) is 0 Å². The van der Waals surface area contributed by atoms with Crippen LogP contribution in [0, 0.1) is 17.5 Å². The van der Waals surface area contributed by atoms with Gasteiger partial charge in [-0.2, -0.15) is 0 Å². The van der Waals surface area contributed by atoms with E-state index in [2.05, 4.69) is 4.74 Å². The molecule has 0 unspecified atom stereocenters. The van der Waals surface area contributed by atoms with Crippen molar-refractivity contribution in [2.45, 2.75) is 13.8 Å². The summed E-state index contributed by atoms with van der Waals surface area (Å²) in [5.74, 6) is -3.81. The van der Waals surface area contributed by atoms with Gasteiger partial charge in [0.05, 0.1) is 6.61 Å². The molecule has 17 heavy (non-hydrogen) atoms. The molecule has 5 heteroatoms. The van der Waals surface area contributed by atoms with E-state index in [-0.39, 0.29) is 12.2 Å². The molecule has 0 heterocycles. The average molecular weight is 244 g/mol. The minimum atomic E-state index is -1.06. The fraction of sp³-hybridized carbons (Fsp3) is 0.250. The molecule has 2 nitrogen and oxygen atoms in total. The molecular formula is C12H11F3O2. The van der Waals surface area contributed by atoms with Crippen LogP contribution in [0.3, 0.4) is 0 Å². The van der Waals surface area contributed by atoms with E-state index in [9.17, 15) is 18.0 Å². The van der Waals surface area contributed by atoms with Gasteiger partial charge in [0.15, 0.2) is 0 Å². The summed E-state index contributed by atoms with van der Waals surface area (Å²) >= 11 is 0. The Hall–Kier alpha value is -1.78. The standard InChI is InChI=1S/C12H11F3O2/c1-3-17-12(16)7(2)4-9-10(14)5-8(13)6-11(9)15/h4-6H,3H2,1-2H3. The molecule has 0 amide bonds. The van der Waals surface area contributed by atoms with E-state index >= 15 is 0 Å². The van der Waals surface area contributed by atoms with Gasteiger partial charge in [-0.1, -0.05) is 0 Å². The molecule has 0 aliphatic heterocycles. The van der Waals surface area contributed by atoms with Gasteiger partial charge in [-0.25, -0.2) is 18.0 Å². The summed E-state index contributed by atoms with van der Waals surface area (Å²) in [5.41, 5.74) is -0.423. The second kappa shape index (κ2) is 5.52. The van der Waals surface area contributed by atoms with Gasteiger partial charge in [0.25, 0.3) is 0 Å². The van der Waals surface area contributed by atoms with Gasteiger partial charge in [-0.15, -0.1) is 0 Å². The number of halogens is 3. The summed E-state index contributed by atoms with van der Waals surface area (Å²) in [6, 6.07) is 1.10. The van der Waals surface area contributed by atoms with Crippen LogP contribution >= 0.6 is 0 Å². The van der Waals surface area contributed by atoms with E-state index in [0.717, 1.165) is 6.08 Å². The van der Waals surface area contributed by atoms with Crippen LogP contribution < -0.4 is 0 Å². The Bertz CT molecular complexity index is 444. The van der Waals surface area contributed by atoms with Crippen molar-refractivity contribution in [2.75, 3.05) is 6.61 Å². The second-order valence-electron chi connectivity index (χ2n) is 3.33. The van der Waals surface area contributed by atoms with E-state index in [1.165, 1.54) is 6.92 Å². The summed E-state index contributed by atoms with van der Waals surface area (Å²) in [4.78, 5) is 11.2. The van der Waals surface area contributed by atoms with Gasteiger partial charge in [0.2, 0.25) is 0 Å². The first-order chi connectivity index (χ1) is 7.95. The number of esters is 1. The summed E-state index contributed by atoms with van der Waals surface area (Å²) in [5, 5.41) is 0. The number of carbonyl (C=O) groups is 1. The highest BCUT2D eigenvalue weighted by molar-refractivity contribution is 5.93. The van der Waals surface area contributed by atoms with E-state index in [1.54, 1.807) is 6.92 Å². The van der Waals surface area contributed by atoms with Crippen LogP contribution in [0.5, 0.6) is 0 Å². The zero-order chi connectivity index (χ0) is 13.0. The number of ether oxygens (including phenoxy) is 1. The summed E-state index contributed by atoms with van der Waals surface area (Å²) in [6.45, 7) is 3.14. The fourth-order valence-electron chi connectivity index (χ4n) is 1.21. The van der Waals surface area contributed by atoms with Crippen molar-refractivity contribution in [3.63, 3.8) is 0 Å². The van der Waals surface area contributed by atoms with Crippen LogP contribution in [0.1, 0.15) is 19.4 Å². The van der Waals surface area contributed by atoms with E-state index in [1.807, 2.05) is 0 Å². The number of hydrogen-bond acceptors (Lipinski definition) is 2. The predicted octanol–water partition coefficient (Wildman–Crippen LogP) is 3.07. The summed E-state index contributed by atoms with van der Waals surface area (Å²) < 4.78 is 43.8. The van der Waals surface area contributed by atoms with Gasteiger partial charge in [0, 0.05) is 23.3 Å². The molecule has 0 N–H and O–H groups in total. The van der Waals surface area contributed by atoms with Crippen LogP contribution in [-0.2, 0) is 9.53 Å². The first kappa shape index (κ1) is 13.3. The Labute approximate surface area is 96.7 Å². The quantitative estimate of drug-likeness (QED) is 0.603. The fourth-order valence-corrected chi connectivity index (χ4v) is 1.21. The third-order valence-electron chi connectivity index (χ3n) is 2.00. The van der Waals surface area contributed by atoms with Gasteiger partial charge < -0.3 is 4.74 Å². The second-order valence-corrected chi connectivity index (χ2v) is 3.33. The third-order valence-corrected chi connectivity index (χ3v) is 2.00. The van der Waals surface area contributed by atoms with Crippen molar-refractivity contribution >= 4 is 12.0 Å². The number of carbonyl (C=O) groups excluding carboxylic acids is 1. The van der Waals surface area contributed by atoms with E-state index in [0.29, 0.717) is 12.1 Å². The summed E-state index contributed by atoms with van der Waals surface area (Å²) in [7, 11) is 0. The lowest BCUT2D eigenvalue weighted by Crippen LogP contribution is -2.05. The minimum absolute atomic E-state index is 0.0382. The SMILES string of the molecule is CCOC(=O)C(C)=Cc1c(F)cc(F)cc1F. The van der Waals surface area contributed by atoms with Crippen LogP contribution in [0.2, 0.25) is 0 Å². The van der Waals surface area contributed by atoms with Crippen molar-refractivity contribution in [1.29, 1.82) is 0 Å². The molecule has 0 saturated heterocycles. The molecule has 0 fully saturated rings. The Morgan fingerprint density at radius 1 is 1.29 bits per heavy atom. The lowest BCUT2D eigenvalue weighted by molar-refractivity contribution is -0.138. The molecule has 0 aliphatic rings. The van der Waals surface area contributed by atoms with E-state index < -0.39 is 29.0 Å². The molecule has 1 aromatic rings. The largest absolute Gasteiger partial charge is 0.463 e. The Morgan fingerprint density at radius 3 is 2.29 bits per heavy atom. The van der Waals surface area contributed by atoms with Crippen LogP contribution in [0.15, 0.2) is 17.7 Å². The third kappa shape index (κ3) is 3.34. The zero-order valence-electron chi connectivity index (χ0n) is 9.39. The van der Waals surface area contributed by atoms with Crippen LogP contribution in [0.25, 0.3) is 6.08 Å². The Morgan fingerprint density at radius 2 is 1.82 bits per heavy atom. The number of rotatable bonds is 3. The van der Waals surface area contributed by atoms with Crippen molar-refractivity contribution < 1.29 is 22.7 Å². The lowest BCUT2D eigenvalue weighted by atomic mass is 10.1. The number of hydrogen-bond donors (Lipinski definition) is 0. The maximum atomic E-state index is 13.2. The minimum Gasteiger partial charge on any atom is -0.463 e. The predicted molar refractivity (Wildman–Crippen MR) is 56.6 cm³/mol. The highest BCUT2D eigenvalue weighted by atomic mass is 19.1. The van der Waals surface area contributed by atoms with Crippen molar-refractivity contribution in [1.82, 2.24) is 0 Å². The molecule has 1 aromatic carbocycles.